The maximum atomic E-state index is 12.3. The number of anilines is 1. The summed E-state index contributed by atoms with van der Waals surface area (Å²) in [6.07, 6.45) is 0. The van der Waals surface area contributed by atoms with Crippen molar-refractivity contribution in [1.82, 2.24) is 4.72 Å². The van der Waals surface area contributed by atoms with E-state index in [2.05, 4.69) is 4.72 Å². The minimum Gasteiger partial charge on any atom is -0.465 e. The molecular weight excluding hydrogens is 376 g/mol. The molecular formula is C17H20N2O5S2. The van der Waals surface area contributed by atoms with Crippen LogP contribution in [0.15, 0.2) is 40.6 Å². The average molecular weight is 396 g/mol. The van der Waals surface area contributed by atoms with Crippen molar-refractivity contribution in [3.8, 4) is 0 Å². The average Bonchev–Trinajstić information content (AvgIpc) is 3.05. The Morgan fingerprint density at radius 1 is 1.19 bits per heavy atom. The first-order chi connectivity index (χ1) is 12.3. The predicted octanol–water partition coefficient (Wildman–Crippen LogP) is 2.17. The van der Waals surface area contributed by atoms with E-state index in [0.29, 0.717) is 5.69 Å². The molecule has 0 unspecified atom stereocenters. The highest BCUT2D eigenvalue weighted by atomic mass is 32.2. The Morgan fingerprint density at radius 2 is 1.88 bits per heavy atom. The van der Waals surface area contributed by atoms with Crippen LogP contribution in [0.5, 0.6) is 0 Å². The lowest BCUT2D eigenvalue weighted by Gasteiger charge is -2.23. The maximum Gasteiger partial charge on any atom is 0.339 e. The second-order valence-electron chi connectivity index (χ2n) is 5.44. The predicted molar refractivity (Wildman–Crippen MR) is 100 cm³/mol. The van der Waals surface area contributed by atoms with E-state index in [1.807, 2.05) is 6.92 Å². The molecule has 0 aliphatic rings. The number of amides is 1. The second kappa shape index (κ2) is 8.43. The zero-order valence-corrected chi connectivity index (χ0v) is 16.3. The van der Waals surface area contributed by atoms with Crippen molar-refractivity contribution in [2.24, 2.45) is 0 Å². The smallest absolute Gasteiger partial charge is 0.339 e. The fraction of sp³-hybridized carbons (Fsp3) is 0.294. The molecule has 0 saturated carbocycles. The van der Waals surface area contributed by atoms with Crippen LogP contribution < -0.4 is 9.62 Å². The van der Waals surface area contributed by atoms with E-state index >= 15 is 0 Å². The largest absolute Gasteiger partial charge is 0.465 e. The Labute approximate surface area is 156 Å². The third-order valence-corrected chi connectivity index (χ3v) is 6.54. The van der Waals surface area contributed by atoms with Gasteiger partial charge < -0.3 is 9.64 Å². The van der Waals surface area contributed by atoms with E-state index in [0.717, 1.165) is 4.88 Å². The van der Waals surface area contributed by atoms with Crippen molar-refractivity contribution in [2.75, 3.05) is 25.1 Å². The van der Waals surface area contributed by atoms with Gasteiger partial charge in [-0.25, -0.2) is 17.9 Å². The van der Waals surface area contributed by atoms with Crippen molar-refractivity contribution in [1.29, 1.82) is 0 Å². The van der Waals surface area contributed by atoms with E-state index in [4.69, 9.17) is 4.74 Å². The van der Waals surface area contributed by atoms with E-state index in [9.17, 15) is 18.0 Å². The highest BCUT2D eigenvalue weighted by molar-refractivity contribution is 7.91. The number of methoxy groups -OCH3 is 1. The number of hydrogen-bond acceptors (Lipinski definition) is 6. The van der Waals surface area contributed by atoms with Gasteiger partial charge in [-0.3, -0.25) is 4.79 Å². The van der Waals surface area contributed by atoms with Crippen LogP contribution in [0.25, 0.3) is 0 Å². The number of hydrogen-bond donors (Lipinski definition) is 1. The summed E-state index contributed by atoms with van der Waals surface area (Å²) in [6.45, 7) is 3.26. The number of benzene rings is 1. The standard InChI is InChI=1S/C17H20N2O5S2/c1-12-8-9-16(25-12)26(22,23)18-10-11-19(13(2)20)15-7-5-4-6-14(15)17(21)24-3/h4-9,18H,10-11H2,1-3H3. The molecule has 9 heteroatoms. The molecule has 2 aromatic rings. The number of carbonyl (C=O) groups excluding carboxylic acids is 2. The number of ether oxygens (including phenoxy) is 1. The number of esters is 1. The number of carbonyl (C=O) groups is 2. The van der Waals surface area contributed by atoms with E-state index in [-0.39, 0.29) is 28.8 Å². The summed E-state index contributed by atoms with van der Waals surface area (Å²) in [5.74, 6) is -0.881. The summed E-state index contributed by atoms with van der Waals surface area (Å²) >= 11 is 1.17. The van der Waals surface area contributed by atoms with E-state index < -0.39 is 16.0 Å². The maximum absolute atomic E-state index is 12.3. The molecule has 0 aliphatic carbocycles. The van der Waals surface area contributed by atoms with Crippen LogP contribution in [0.1, 0.15) is 22.2 Å². The Kier molecular flexibility index (Phi) is 6.52. The molecule has 1 aromatic heterocycles. The van der Waals surface area contributed by atoms with Gasteiger partial charge in [-0.05, 0) is 31.2 Å². The lowest BCUT2D eigenvalue weighted by atomic mass is 10.1. The first-order valence-electron chi connectivity index (χ1n) is 7.78. The fourth-order valence-electron chi connectivity index (χ4n) is 2.36. The first-order valence-corrected chi connectivity index (χ1v) is 10.1. The zero-order chi connectivity index (χ0) is 19.3. The van der Waals surface area contributed by atoms with E-state index in [1.165, 1.54) is 36.3 Å². The molecule has 0 atom stereocenters. The molecule has 0 saturated heterocycles. The topological polar surface area (TPSA) is 92.8 Å². The normalized spacial score (nSPS) is 11.2. The number of para-hydroxylation sites is 1. The quantitative estimate of drug-likeness (QED) is 0.724. The summed E-state index contributed by atoms with van der Waals surface area (Å²) in [7, 11) is -2.38. The molecule has 0 bridgehead atoms. The van der Waals surface area contributed by atoms with Gasteiger partial charge in [-0.2, -0.15) is 0 Å². The van der Waals surface area contributed by atoms with Gasteiger partial charge in [0, 0.05) is 24.9 Å². The Balaban J connectivity index is 2.15. The third-order valence-electron chi connectivity index (χ3n) is 3.59. The molecule has 0 fully saturated rings. The van der Waals surface area contributed by atoms with Gasteiger partial charge in [0.2, 0.25) is 15.9 Å². The van der Waals surface area contributed by atoms with Crippen LogP contribution in [-0.2, 0) is 19.6 Å². The fourth-order valence-corrected chi connectivity index (χ4v) is 4.71. The molecule has 2 rings (SSSR count). The summed E-state index contributed by atoms with van der Waals surface area (Å²) in [5, 5.41) is 0. The molecule has 1 amide bonds. The second-order valence-corrected chi connectivity index (χ2v) is 8.72. The van der Waals surface area contributed by atoms with Crippen LogP contribution in [0.2, 0.25) is 0 Å². The van der Waals surface area contributed by atoms with Crippen molar-refractivity contribution in [2.45, 2.75) is 18.1 Å². The molecule has 7 nitrogen and oxygen atoms in total. The highest BCUT2D eigenvalue weighted by Crippen LogP contribution is 2.22. The highest BCUT2D eigenvalue weighted by Gasteiger charge is 2.21. The Hall–Kier alpha value is -2.23. The van der Waals surface area contributed by atoms with E-state index in [1.54, 1.807) is 30.3 Å². The van der Waals surface area contributed by atoms with Crippen LogP contribution in [-0.4, -0.2) is 40.5 Å². The minimum atomic E-state index is -3.64. The Bertz CT molecular complexity index is 905. The lowest BCUT2D eigenvalue weighted by molar-refractivity contribution is -0.116. The number of sulfonamides is 1. The molecule has 0 aliphatic heterocycles. The summed E-state index contributed by atoms with van der Waals surface area (Å²) < 4.78 is 32.0. The van der Waals surface area contributed by atoms with Crippen LogP contribution in [0, 0.1) is 6.92 Å². The summed E-state index contributed by atoms with van der Waals surface area (Å²) in [4.78, 5) is 26.2. The van der Waals surface area contributed by atoms with Gasteiger partial charge in [-0.1, -0.05) is 12.1 Å². The molecule has 1 N–H and O–H groups in total. The lowest BCUT2D eigenvalue weighted by Crippen LogP contribution is -2.38. The molecule has 1 heterocycles. The van der Waals surface area contributed by atoms with Crippen LogP contribution in [0.3, 0.4) is 0 Å². The van der Waals surface area contributed by atoms with Gasteiger partial charge in [0.15, 0.2) is 0 Å². The molecule has 0 radical (unpaired) electrons. The molecule has 0 spiro atoms. The summed E-state index contributed by atoms with van der Waals surface area (Å²) in [5.41, 5.74) is 0.611. The number of rotatable bonds is 7. The monoisotopic (exact) mass is 396 g/mol. The van der Waals surface area contributed by atoms with Gasteiger partial charge in [-0.15, -0.1) is 11.3 Å². The molecule has 140 valence electrons. The summed E-state index contributed by atoms with van der Waals surface area (Å²) in [6, 6.07) is 9.79. The number of nitrogens with zero attached hydrogens (tertiary/aromatic N) is 1. The zero-order valence-electron chi connectivity index (χ0n) is 14.7. The van der Waals surface area contributed by atoms with Crippen molar-refractivity contribution >= 4 is 38.9 Å². The molecule has 26 heavy (non-hydrogen) atoms. The number of thiophene rings is 1. The SMILES string of the molecule is COC(=O)c1ccccc1N(CCNS(=O)(=O)c1ccc(C)s1)C(C)=O. The van der Waals surface area contributed by atoms with Gasteiger partial charge >= 0.3 is 5.97 Å². The van der Waals surface area contributed by atoms with Gasteiger partial charge in [0.25, 0.3) is 0 Å². The number of aryl methyl sites for hydroxylation is 1. The van der Waals surface area contributed by atoms with Gasteiger partial charge in [0.05, 0.1) is 18.4 Å². The van der Waals surface area contributed by atoms with Crippen molar-refractivity contribution in [3.05, 3.63) is 46.8 Å². The van der Waals surface area contributed by atoms with Crippen LogP contribution >= 0.6 is 11.3 Å². The third kappa shape index (κ3) is 4.69. The first kappa shape index (κ1) is 20.1. The van der Waals surface area contributed by atoms with Gasteiger partial charge in [0.1, 0.15) is 4.21 Å². The van der Waals surface area contributed by atoms with Crippen LogP contribution in [0.4, 0.5) is 5.69 Å². The van der Waals surface area contributed by atoms with Crippen molar-refractivity contribution in [3.63, 3.8) is 0 Å². The Morgan fingerprint density at radius 3 is 2.46 bits per heavy atom. The minimum absolute atomic E-state index is 0.00830. The number of nitrogens with one attached hydrogen (secondary N) is 1. The van der Waals surface area contributed by atoms with Crippen molar-refractivity contribution < 1.29 is 22.7 Å². The molecule has 1 aromatic carbocycles.